The van der Waals surface area contributed by atoms with Gasteiger partial charge in [-0.2, -0.15) is 0 Å². The molecule has 3 rings (SSSR count). The molecule has 0 aliphatic heterocycles. The van der Waals surface area contributed by atoms with E-state index < -0.39 is 0 Å². The Kier molecular flexibility index (Phi) is 3.33. The molecule has 0 atom stereocenters. The molecular formula is C14H14IN5. The van der Waals surface area contributed by atoms with Gasteiger partial charge in [-0.1, -0.05) is 0 Å². The van der Waals surface area contributed by atoms with Gasteiger partial charge in [0.1, 0.15) is 11.3 Å². The van der Waals surface area contributed by atoms with Crippen molar-refractivity contribution in [3.05, 3.63) is 40.0 Å². The first-order valence-corrected chi connectivity index (χ1v) is 7.27. The highest BCUT2D eigenvalue weighted by Gasteiger charge is 2.09. The molecule has 0 saturated carbocycles. The topological polar surface area (TPSA) is 46.3 Å². The second kappa shape index (κ2) is 5.01. The van der Waals surface area contributed by atoms with Crippen molar-refractivity contribution in [2.75, 3.05) is 19.0 Å². The maximum atomic E-state index is 4.58. The summed E-state index contributed by atoms with van der Waals surface area (Å²) in [4.78, 5) is 15.3. The molecule has 3 heterocycles. The summed E-state index contributed by atoms with van der Waals surface area (Å²) in [5, 5.41) is 0. The van der Waals surface area contributed by atoms with E-state index in [9.17, 15) is 0 Å². The fourth-order valence-corrected chi connectivity index (χ4v) is 2.35. The molecule has 6 heteroatoms. The van der Waals surface area contributed by atoms with Crippen molar-refractivity contribution < 1.29 is 0 Å². The van der Waals surface area contributed by atoms with Crippen LogP contribution in [0.2, 0.25) is 0 Å². The third kappa shape index (κ3) is 2.35. The van der Waals surface area contributed by atoms with Gasteiger partial charge in [-0.3, -0.25) is 0 Å². The minimum Gasteiger partial charge on any atom is -0.375 e. The van der Waals surface area contributed by atoms with Gasteiger partial charge in [-0.15, -0.1) is 0 Å². The second-order valence-electron chi connectivity index (χ2n) is 4.86. The fourth-order valence-electron chi connectivity index (χ4n) is 1.90. The Morgan fingerprint density at radius 3 is 2.50 bits per heavy atom. The maximum absolute atomic E-state index is 4.58. The molecule has 0 amide bonds. The van der Waals surface area contributed by atoms with Crippen LogP contribution in [0.4, 0.5) is 5.69 Å². The minimum atomic E-state index is 0.645. The summed E-state index contributed by atoms with van der Waals surface area (Å²) in [6.07, 6.45) is 7.64. The molecule has 0 aliphatic carbocycles. The molecule has 3 aromatic heterocycles. The molecule has 0 radical (unpaired) electrons. The quantitative estimate of drug-likeness (QED) is 0.643. The van der Waals surface area contributed by atoms with Gasteiger partial charge in [0.25, 0.3) is 0 Å². The molecule has 102 valence electrons. The summed E-state index contributed by atoms with van der Waals surface area (Å²) in [5.74, 6) is 0.645. The van der Waals surface area contributed by atoms with Crippen LogP contribution >= 0.6 is 22.6 Å². The number of imidazole rings is 1. The fraction of sp³-hybridized carbons (Fsp3) is 0.214. The first kappa shape index (κ1) is 13.3. The molecule has 3 aromatic rings. The van der Waals surface area contributed by atoms with Gasteiger partial charge < -0.3 is 9.30 Å². The van der Waals surface area contributed by atoms with Crippen LogP contribution in [-0.2, 0) is 0 Å². The van der Waals surface area contributed by atoms with E-state index in [-0.39, 0.29) is 0 Å². The van der Waals surface area contributed by atoms with Gasteiger partial charge in [-0.05, 0) is 41.1 Å². The van der Waals surface area contributed by atoms with Crippen molar-refractivity contribution in [3.63, 3.8) is 0 Å². The van der Waals surface area contributed by atoms with Gasteiger partial charge in [-0.25, -0.2) is 15.0 Å². The van der Waals surface area contributed by atoms with E-state index in [4.69, 9.17) is 0 Å². The van der Waals surface area contributed by atoms with E-state index in [0.717, 1.165) is 17.0 Å². The van der Waals surface area contributed by atoms with Crippen molar-refractivity contribution in [2.24, 2.45) is 0 Å². The van der Waals surface area contributed by atoms with Crippen molar-refractivity contribution in [2.45, 2.75) is 6.92 Å². The van der Waals surface area contributed by atoms with Gasteiger partial charge >= 0.3 is 0 Å². The van der Waals surface area contributed by atoms with Gasteiger partial charge in [0.2, 0.25) is 0 Å². The van der Waals surface area contributed by atoms with E-state index in [2.05, 4.69) is 56.7 Å². The molecule has 0 aromatic carbocycles. The Hall–Kier alpha value is -1.70. The molecule has 0 saturated heterocycles. The highest BCUT2D eigenvalue weighted by atomic mass is 127. The average Bonchev–Trinajstić information content (AvgIpc) is 2.82. The summed E-state index contributed by atoms with van der Waals surface area (Å²) >= 11 is 2.32. The Balaban J connectivity index is 2.05. The lowest BCUT2D eigenvalue weighted by molar-refractivity contribution is 1.07. The average molecular weight is 379 g/mol. The standard InChI is InChI=1S/C14H14IN5/c1-9-4-13-18-12(8-20(13)7-11(9)15)14-16-5-10(6-17-14)19(2)3/h4-8H,1-3H3. The largest absolute Gasteiger partial charge is 0.375 e. The van der Waals surface area contributed by atoms with Crippen LogP contribution in [0.15, 0.2) is 30.9 Å². The van der Waals surface area contributed by atoms with Crippen LogP contribution in [0.1, 0.15) is 5.56 Å². The summed E-state index contributed by atoms with van der Waals surface area (Å²) in [7, 11) is 3.93. The van der Waals surface area contributed by atoms with Crippen LogP contribution in [-0.4, -0.2) is 33.4 Å². The monoisotopic (exact) mass is 379 g/mol. The van der Waals surface area contributed by atoms with E-state index in [0.29, 0.717) is 5.82 Å². The lowest BCUT2D eigenvalue weighted by Gasteiger charge is -2.10. The van der Waals surface area contributed by atoms with Crippen LogP contribution in [0, 0.1) is 10.5 Å². The van der Waals surface area contributed by atoms with Crippen LogP contribution in [0.3, 0.4) is 0 Å². The Bertz CT molecular complexity index is 722. The lowest BCUT2D eigenvalue weighted by Crippen LogP contribution is -2.09. The third-order valence-corrected chi connectivity index (χ3v) is 4.25. The SMILES string of the molecule is Cc1cc2nc(-c3ncc(N(C)C)cn3)cn2cc1I. The molecule has 0 unspecified atom stereocenters. The van der Waals surface area contributed by atoms with E-state index in [1.54, 1.807) is 12.4 Å². The van der Waals surface area contributed by atoms with Crippen molar-refractivity contribution in [1.29, 1.82) is 0 Å². The Morgan fingerprint density at radius 1 is 1.15 bits per heavy atom. The third-order valence-electron chi connectivity index (χ3n) is 3.12. The summed E-state index contributed by atoms with van der Waals surface area (Å²) in [6.45, 7) is 2.08. The zero-order valence-electron chi connectivity index (χ0n) is 11.5. The smallest absolute Gasteiger partial charge is 0.179 e. The first-order valence-electron chi connectivity index (χ1n) is 6.19. The molecule has 0 fully saturated rings. The number of fused-ring (bicyclic) bond motifs is 1. The zero-order chi connectivity index (χ0) is 14.3. The number of rotatable bonds is 2. The molecule has 20 heavy (non-hydrogen) atoms. The number of anilines is 1. The molecule has 0 spiro atoms. The van der Waals surface area contributed by atoms with Gasteiger partial charge in [0.15, 0.2) is 5.82 Å². The van der Waals surface area contributed by atoms with Crippen molar-refractivity contribution in [1.82, 2.24) is 19.4 Å². The number of hydrogen-bond donors (Lipinski definition) is 0. The molecule has 0 aliphatic rings. The van der Waals surface area contributed by atoms with Crippen LogP contribution < -0.4 is 4.90 Å². The van der Waals surface area contributed by atoms with E-state index in [1.165, 1.54) is 9.13 Å². The lowest BCUT2D eigenvalue weighted by atomic mass is 10.3. The Labute approximate surface area is 130 Å². The summed E-state index contributed by atoms with van der Waals surface area (Å²) in [6, 6.07) is 2.07. The number of aromatic nitrogens is 4. The molecule has 0 N–H and O–H groups in total. The summed E-state index contributed by atoms with van der Waals surface area (Å²) in [5.41, 5.74) is 3.90. The number of halogens is 1. The van der Waals surface area contributed by atoms with E-state index in [1.807, 2.05) is 29.6 Å². The van der Waals surface area contributed by atoms with Crippen molar-refractivity contribution in [3.8, 4) is 11.5 Å². The number of pyridine rings is 1. The molecule has 5 nitrogen and oxygen atoms in total. The predicted molar refractivity (Wildman–Crippen MR) is 88.0 cm³/mol. The highest BCUT2D eigenvalue weighted by Crippen LogP contribution is 2.19. The molecule has 0 bridgehead atoms. The van der Waals surface area contributed by atoms with Crippen LogP contribution in [0.25, 0.3) is 17.2 Å². The first-order chi connectivity index (χ1) is 9.54. The Morgan fingerprint density at radius 2 is 1.85 bits per heavy atom. The van der Waals surface area contributed by atoms with Gasteiger partial charge in [0, 0.05) is 30.1 Å². The van der Waals surface area contributed by atoms with Gasteiger partial charge in [0.05, 0.1) is 18.1 Å². The molecular weight excluding hydrogens is 365 g/mol. The maximum Gasteiger partial charge on any atom is 0.179 e. The number of nitrogens with zero attached hydrogens (tertiary/aromatic N) is 5. The minimum absolute atomic E-state index is 0.645. The number of aryl methyl sites for hydroxylation is 1. The normalized spacial score (nSPS) is 11.0. The zero-order valence-corrected chi connectivity index (χ0v) is 13.7. The van der Waals surface area contributed by atoms with E-state index >= 15 is 0 Å². The number of hydrogen-bond acceptors (Lipinski definition) is 4. The highest BCUT2D eigenvalue weighted by molar-refractivity contribution is 14.1. The van der Waals surface area contributed by atoms with Crippen molar-refractivity contribution >= 4 is 33.9 Å². The summed E-state index contributed by atoms with van der Waals surface area (Å²) < 4.78 is 3.22. The van der Waals surface area contributed by atoms with Crippen LogP contribution in [0.5, 0.6) is 0 Å². The second-order valence-corrected chi connectivity index (χ2v) is 6.02. The predicted octanol–water partition coefficient (Wildman–Crippen LogP) is 2.77.